The van der Waals surface area contributed by atoms with Crippen LogP contribution in [0.3, 0.4) is 0 Å². The maximum Gasteiger partial charge on any atom is 0.408 e. The SMILES string of the molecule is FC(F)(F)[C@H](Cc1ccncc1)Nc1ccc2c(c1)COC2. The molecule has 6 heteroatoms. The van der Waals surface area contributed by atoms with Crippen molar-refractivity contribution in [1.82, 2.24) is 4.98 Å². The predicted octanol–water partition coefficient (Wildman–Crippen LogP) is 3.70. The zero-order valence-electron chi connectivity index (χ0n) is 11.7. The molecule has 116 valence electrons. The highest BCUT2D eigenvalue weighted by molar-refractivity contribution is 5.50. The van der Waals surface area contributed by atoms with E-state index in [1.807, 2.05) is 6.07 Å². The monoisotopic (exact) mass is 308 g/mol. The minimum absolute atomic E-state index is 0.139. The van der Waals surface area contributed by atoms with Crippen molar-refractivity contribution in [3.05, 3.63) is 59.4 Å². The van der Waals surface area contributed by atoms with Crippen LogP contribution in [0.25, 0.3) is 0 Å². The molecule has 3 rings (SSSR count). The first-order valence-corrected chi connectivity index (χ1v) is 6.94. The molecule has 0 aliphatic carbocycles. The molecule has 3 nitrogen and oxygen atoms in total. The first kappa shape index (κ1) is 14.8. The first-order valence-electron chi connectivity index (χ1n) is 6.94. The van der Waals surface area contributed by atoms with Gasteiger partial charge in [-0.1, -0.05) is 6.07 Å². The van der Waals surface area contributed by atoms with Crippen molar-refractivity contribution < 1.29 is 17.9 Å². The Morgan fingerprint density at radius 2 is 1.82 bits per heavy atom. The molecule has 0 amide bonds. The van der Waals surface area contributed by atoms with Gasteiger partial charge in [-0.25, -0.2) is 0 Å². The standard InChI is InChI=1S/C16H15F3N2O/c17-16(18,19)15(7-11-3-5-20-6-4-11)21-14-2-1-12-9-22-10-13(12)8-14/h1-6,8,15,21H,7,9-10H2/t15-/m0/s1. The smallest absolute Gasteiger partial charge is 0.374 e. The number of hydrogen-bond donors (Lipinski definition) is 1. The van der Waals surface area contributed by atoms with Crippen molar-refractivity contribution in [2.24, 2.45) is 0 Å². The second-order valence-electron chi connectivity index (χ2n) is 5.27. The van der Waals surface area contributed by atoms with E-state index in [9.17, 15) is 13.2 Å². The van der Waals surface area contributed by atoms with Crippen LogP contribution in [-0.4, -0.2) is 17.2 Å². The molecule has 1 aromatic carbocycles. The Morgan fingerprint density at radius 3 is 2.55 bits per heavy atom. The van der Waals surface area contributed by atoms with Gasteiger partial charge in [0, 0.05) is 24.5 Å². The van der Waals surface area contributed by atoms with Crippen LogP contribution in [-0.2, 0) is 24.4 Å². The lowest BCUT2D eigenvalue weighted by Gasteiger charge is -2.23. The van der Waals surface area contributed by atoms with Crippen molar-refractivity contribution in [2.75, 3.05) is 5.32 Å². The van der Waals surface area contributed by atoms with Crippen LogP contribution >= 0.6 is 0 Å². The number of hydrogen-bond acceptors (Lipinski definition) is 3. The van der Waals surface area contributed by atoms with Gasteiger partial charge in [-0.2, -0.15) is 13.2 Å². The second-order valence-corrected chi connectivity index (χ2v) is 5.27. The third-order valence-electron chi connectivity index (χ3n) is 3.65. The van der Waals surface area contributed by atoms with Crippen LogP contribution in [0.1, 0.15) is 16.7 Å². The van der Waals surface area contributed by atoms with Gasteiger partial charge in [0.15, 0.2) is 0 Å². The fourth-order valence-corrected chi connectivity index (χ4v) is 2.47. The highest BCUT2D eigenvalue weighted by atomic mass is 19.4. The van der Waals surface area contributed by atoms with Gasteiger partial charge in [-0.3, -0.25) is 4.98 Å². The van der Waals surface area contributed by atoms with E-state index in [0.717, 1.165) is 11.1 Å². The molecule has 0 unspecified atom stereocenters. The molecule has 2 heterocycles. The van der Waals surface area contributed by atoms with Gasteiger partial charge >= 0.3 is 6.18 Å². The number of ether oxygens (including phenoxy) is 1. The zero-order chi connectivity index (χ0) is 15.6. The Labute approximate surface area is 126 Å². The molecular weight excluding hydrogens is 293 g/mol. The Balaban J connectivity index is 1.78. The Morgan fingerprint density at radius 1 is 1.09 bits per heavy atom. The number of halogens is 3. The average molecular weight is 308 g/mol. The van der Waals surface area contributed by atoms with Crippen molar-refractivity contribution >= 4 is 5.69 Å². The third kappa shape index (κ3) is 3.39. The number of aromatic nitrogens is 1. The summed E-state index contributed by atoms with van der Waals surface area (Å²) >= 11 is 0. The molecule has 1 atom stereocenters. The van der Waals surface area contributed by atoms with Crippen molar-refractivity contribution in [1.29, 1.82) is 0 Å². The van der Waals surface area contributed by atoms with Crippen LogP contribution in [0, 0.1) is 0 Å². The lowest BCUT2D eigenvalue weighted by atomic mass is 10.1. The van der Waals surface area contributed by atoms with E-state index in [-0.39, 0.29) is 6.42 Å². The van der Waals surface area contributed by atoms with Gasteiger partial charge < -0.3 is 10.1 Å². The number of fused-ring (bicyclic) bond motifs is 1. The summed E-state index contributed by atoms with van der Waals surface area (Å²) < 4.78 is 45.1. The Kier molecular flexibility index (Phi) is 4.02. The van der Waals surface area contributed by atoms with Crippen molar-refractivity contribution in [3.63, 3.8) is 0 Å². The maximum absolute atomic E-state index is 13.3. The summed E-state index contributed by atoms with van der Waals surface area (Å²) in [5, 5.41) is 2.60. The van der Waals surface area contributed by atoms with E-state index < -0.39 is 12.2 Å². The molecule has 1 aliphatic heterocycles. The van der Waals surface area contributed by atoms with E-state index in [2.05, 4.69) is 10.3 Å². The molecule has 2 aromatic rings. The van der Waals surface area contributed by atoms with Crippen LogP contribution in [0.15, 0.2) is 42.7 Å². The molecule has 22 heavy (non-hydrogen) atoms. The third-order valence-corrected chi connectivity index (χ3v) is 3.65. The molecule has 1 N–H and O–H groups in total. The predicted molar refractivity (Wildman–Crippen MR) is 76.3 cm³/mol. The number of anilines is 1. The molecule has 0 saturated carbocycles. The lowest BCUT2D eigenvalue weighted by Crippen LogP contribution is -2.38. The van der Waals surface area contributed by atoms with Gasteiger partial charge in [0.2, 0.25) is 0 Å². The molecule has 0 fully saturated rings. The van der Waals surface area contributed by atoms with Crippen LogP contribution < -0.4 is 5.32 Å². The quantitative estimate of drug-likeness (QED) is 0.935. The van der Waals surface area contributed by atoms with Gasteiger partial charge in [-0.15, -0.1) is 0 Å². The van der Waals surface area contributed by atoms with E-state index in [1.165, 1.54) is 12.4 Å². The largest absolute Gasteiger partial charge is 0.408 e. The van der Waals surface area contributed by atoms with E-state index in [4.69, 9.17) is 4.74 Å². The summed E-state index contributed by atoms with van der Waals surface area (Å²) in [5.74, 6) is 0. The second kappa shape index (κ2) is 5.96. The number of nitrogens with zero attached hydrogens (tertiary/aromatic N) is 1. The van der Waals surface area contributed by atoms with Gasteiger partial charge in [0.1, 0.15) is 6.04 Å². The summed E-state index contributed by atoms with van der Waals surface area (Å²) in [5.41, 5.74) is 3.02. The fourth-order valence-electron chi connectivity index (χ4n) is 2.47. The Bertz CT molecular complexity index is 644. The van der Waals surface area contributed by atoms with Crippen LogP contribution in [0.2, 0.25) is 0 Å². The molecule has 1 aromatic heterocycles. The number of alkyl halides is 3. The average Bonchev–Trinajstić information content (AvgIpc) is 2.94. The van der Waals surface area contributed by atoms with Gasteiger partial charge in [0.05, 0.1) is 13.2 Å². The van der Waals surface area contributed by atoms with Gasteiger partial charge in [0.25, 0.3) is 0 Å². The van der Waals surface area contributed by atoms with E-state index in [0.29, 0.717) is 24.5 Å². The molecule has 0 bridgehead atoms. The summed E-state index contributed by atoms with van der Waals surface area (Å²) in [7, 11) is 0. The zero-order valence-corrected chi connectivity index (χ0v) is 11.7. The van der Waals surface area contributed by atoms with Crippen LogP contribution in [0.5, 0.6) is 0 Å². The molecule has 1 aliphatic rings. The highest BCUT2D eigenvalue weighted by Crippen LogP contribution is 2.29. The van der Waals surface area contributed by atoms with Crippen LogP contribution in [0.4, 0.5) is 18.9 Å². The molecule has 0 radical (unpaired) electrons. The normalized spacial score (nSPS) is 15.4. The maximum atomic E-state index is 13.3. The van der Waals surface area contributed by atoms with Gasteiger partial charge in [-0.05, 0) is 41.0 Å². The van der Waals surface area contributed by atoms with Crippen molar-refractivity contribution in [2.45, 2.75) is 31.9 Å². The minimum Gasteiger partial charge on any atom is -0.374 e. The first-order chi connectivity index (χ1) is 10.5. The lowest BCUT2D eigenvalue weighted by molar-refractivity contribution is -0.142. The Hall–Kier alpha value is -2.08. The van der Waals surface area contributed by atoms with E-state index in [1.54, 1.807) is 24.3 Å². The van der Waals surface area contributed by atoms with Crippen molar-refractivity contribution in [3.8, 4) is 0 Å². The summed E-state index contributed by atoms with van der Waals surface area (Å²) in [6, 6.07) is 6.75. The summed E-state index contributed by atoms with van der Waals surface area (Å²) in [4.78, 5) is 3.82. The number of nitrogens with one attached hydrogen (secondary N) is 1. The summed E-state index contributed by atoms with van der Waals surface area (Å²) in [6.07, 6.45) is -1.48. The number of pyridine rings is 1. The fraction of sp³-hybridized carbons (Fsp3) is 0.312. The topological polar surface area (TPSA) is 34.2 Å². The summed E-state index contributed by atoms with van der Waals surface area (Å²) in [6.45, 7) is 0.973. The van der Waals surface area contributed by atoms with E-state index >= 15 is 0 Å². The molecule has 0 spiro atoms. The highest BCUT2D eigenvalue weighted by Gasteiger charge is 2.39. The molecule has 0 saturated heterocycles. The molecular formula is C16H15F3N2O. The number of benzene rings is 1. The minimum atomic E-state index is -4.33. The number of rotatable bonds is 4.